The fourth-order valence-electron chi connectivity index (χ4n) is 3.39. The summed E-state index contributed by atoms with van der Waals surface area (Å²) in [5, 5.41) is 0. The van der Waals surface area contributed by atoms with Crippen molar-refractivity contribution in [2.24, 2.45) is 0 Å². The minimum atomic E-state index is 0. The molecular weight excluding hydrogens is 242 g/mol. The van der Waals surface area contributed by atoms with Crippen LogP contribution in [0.15, 0.2) is 0 Å². The van der Waals surface area contributed by atoms with Gasteiger partial charge in [-0.2, -0.15) is 0 Å². The molecule has 2 saturated heterocycles. The monoisotopic (exact) mass is 263 g/mol. The van der Waals surface area contributed by atoms with E-state index in [0.717, 1.165) is 18.7 Å². The average molecular weight is 264 g/mol. The maximum atomic E-state index is 5.22. The molecule has 0 aromatic carbocycles. The van der Waals surface area contributed by atoms with Crippen LogP contribution < -0.4 is 17.0 Å². The zero-order valence-corrected chi connectivity index (χ0v) is 10.9. The summed E-state index contributed by atoms with van der Waals surface area (Å²) in [6, 6.07) is 1.91. The number of rotatable bonds is 3. The zero-order chi connectivity index (χ0) is 9.31. The molecule has 0 aromatic rings. The average Bonchev–Trinajstić information content (AvgIpc) is 2.39. The van der Waals surface area contributed by atoms with Gasteiger partial charge in [0.15, 0.2) is 0 Å². The van der Waals surface area contributed by atoms with Crippen LogP contribution in [0.4, 0.5) is 0 Å². The number of nitrogens with zero attached hydrogens (tertiary/aromatic N) is 1. The van der Waals surface area contributed by atoms with Gasteiger partial charge < -0.3 is 26.2 Å². The SMILES string of the molecule is COCC[N+]1(C)C2CCCC1CC2.[Br-]. The number of quaternary nitrogens is 1. The molecule has 0 aliphatic carbocycles. The molecule has 2 aliphatic rings. The van der Waals surface area contributed by atoms with E-state index in [4.69, 9.17) is 4.74 Å². The maximum Gasteiger partial charge on any atom is 0.103 e. The van der Waals surface area contributed by atoms with Crippen molar-refractivity contribution in [2.45, 2.75) is 44.2 Å². The molecule has 2 nitrogen and oxygen atoms in total. The van der Waals surface area contributed by atoms with E-state index in [-0.39, 0.29) is 17.0 Å². The van der Waals surface area contributed by atoms with Gasteiger partial charge in [-0.3, -0.25) is 0 Å². The number of hydrogen-bond donors (Lipinski definition) is 0. The van der Waals surface area contributed by atoms with E-state index < -0.39 is 0 Å². The van der Waals surface area contributed by atoms with Gasteiger partial charge in [-0.15, -0.1) is 0 Å². The Bertz CT molecular complexity index is 170. The smallest absolute Gasteiger partial charge is 0.103 e. The Balaban J connectivity index is 0.000000980. The lowest BCUT2D eigenvalue weighted by molar-refractivity contribution is -0.948. The molecular formula is C11H22BrNO. The molecule has 0 aromatic heterocycles. The van der Waals surface area contributed by atoms with Crippen molar-refractivity contribution in [2.75, 3.05) is 27.3 Å². The Morgan fingerprint density at radius 2 is 1.71 bits per heavy atom. The summed E-state index contributed by atoms with van der Waals surface area (Å²) in [4.78, 5) is 0. The highest BCUT2D eigenvalue weighted by molar-refractivity contribution is 4.81. The summed E-state index contributed by atoms with van der Waals surface area (Å²) in [5.41, 5.74) is 0. The summed E-state index contributed by atoms with van der Waals surface area (Å²) >= 11 is 0. The third-order valence-electron chi connectivity index (χ3n) is 4.35. The van der Waals surface area contributed by atoms with Crippen LogP contribution in [0.5, 0.6) is 0 Å². The lowest BCUT2D eigenvalue weighted by Gasteiger charge is -2.44. The Hall–Kier alpha value is 0.400. The molecule has 2 rings (SSSR count). The second-order valence-electron chi connectivity index (χ2n) is 4.88. The van der Waals surface area contributed by atoms with Crippen molar-refractivity contribution in [1.82, 2.24) is 0 Å². The first-order valence-electron chi connectivity index (χ1n) is 5.61. The van der Waals surface area contributed by atoms with E-state index in [1.807, 2.05) is 7.11 Å². The number of ether oxygens (including phenoxy) is 1. The Morgan fingerprint density at radius 3 is 2.21 bits per heavy atom. The fraction of sp³-hybridized carbons (Fsp3) is 1.00. The Morgan fingerprint density at radius 1 is 1.14 bits per heavy atom. The van der Waals surface area contributed by atoms with Crippen molar-refractivity contribution in [1.29, 1.82) is 0 Å². The van der Waals surface area contributed by atoms with Crippen molar-refractivity contribution in [3.05, 3.63) is 0 Å². The largest absolute Gasteiger partial charge is 1.00 e. The van der Waals surface area contributed by atoms with Crippen molar-refractivity contribution in [3.63, 3.8) is 0 Å². The van der Waals surface area contributed by atoms with E-state index in [0.29, 0.717) is 0 Å². The summed E-state index contributed by atoms with van der Waals surface area (Å²) < 4.78 is 6.53. The van der Waals surface area contributed by atoms with Gasteiger partial charge in [-0.25, -0.2) is 0 Å². The second kappa shape index (κ2) is 4.95. The quantitative estimate of drug-likeness (QED) is 0.582. The van der Waals surface area contributed by atoms with Crippen LogP contribution in [-0.4, -0.2) is 43.9 Å². The summed E-state index contributed by atoms with van der Waals surface area (Å²) in [5.74, 6) is 0. The molecule has 0 N–H and O–H groups in total. The third kappa shape index (κ3) is 2.00. The maximum absolute atomic E-state index is 5.22. The molecule has 0 amide bonds. The molecule has 2 unspecified atom stereocenters. The van der Waals surface area contributed by atoms with Crippen LogP contribution in [0.2, 0.25) is 0 Å². The number of hydrogen-bond acceptors (Lipinski definition) is 1. The number of likely N-dealkylation sites (N-methyl/N-ethyl adjacent to an activating group) is 1. The van der Waals surface area contributed by atoms with E-state index in [1.165, 1.54) is 43.1 Å². The molecule has 0 saturated carbocycles. The van der Waals surface area contributed by atoms with Crippen LogP contribution in [0.1, 0.15) is 32.1 Å². The normalized spacial score (nSPS) is 40.7. The molecule has 2 fully saturated rings. The number of fused-ring (bicyclic) bond motifs is 2. The molecule has 84 valence electrons. The van der Waals surface area contributed by atoms with Crippen molar-refractivity contribution >= 4 is 0 Å². The minimum Gasteiger partial charge on any atom is -1.00 e. The van der Waals surface area contributed by atoms with Crippen molar-refractivity contribution < 1.29 is 26.2 Å². The summed E-state index contributed by atoms with van der Waals surface area (Å²) in [7, 11) is 4.26. The van der Waals surface area contributed by atoms with Gasteiger partial charge in [0.05, 0.1) is 25.7 Å². The summed E-state index contributed by atoms with van der Waals surface area (Å²) in [6.45, 7) is 2.16. The number of halogens is 1. The molecule has 3 heteroatoms. The molecule has 2 bridgehead atoms. The Labute approximate surface area is 98.0 Å². The molecule has 2 atom stereocenters. The number of methoxy groups -OCH3 is 1. The number of piperidine rings is 1. The lowest BCUT2D eigenvalue weighted by atomic mass is 10.00. The first-order chi connectivity index (χ1) is 6.27. The standard InChI is InChI=1S/C11H22NO.BrH/c1-12(8-9-13-2)10-4-3-5-11(12)7-6-10;/h10-11H,3-9H2,1-2H3;1H/q+1;/p-1. The van der Waals surface area contributed by atoms with E-state index in [2.05, 4.69) is 7.05 Å². The van der Waals surface area contributed by atoms with Gasteiger partial charge in [0.1, 0.15) is 6.54 Å². The van der Waals surface area contributed by atoms with Crippen LogP contribution in [0, 0.1) is 0 Å². The van der Waals surface area contributed by atoms with E-state index in [9.17, 15) is 0 Å². The van der Waals surface area contributed by atoms with Crippen LogP contribution in [0.3, 0.4) is 0 Å². The van der Waals surface area contributed by atoms with Gasteiger partial charge >= 0.3 is 0 Å². The molecule has 0 spiro atoms. The van der Waals surface area contributed by atoms with E-state index in [1.54, 1.807) is 0 Å². The van der Waals surface area contributed by atoms with Crippen molar-refractivity contribution in [3.8, 4) is 0 Å². The minimum absolute atomic E-state index is 0. The topological polar surface area (TPSA) is 9.23 Å². The first-order valence-corrected chi connectivity index (χ1v) is 5.61. The Kier molecular flexibility index (Phi) is 4.41. The highest BCUT2D eigenvalue weighted by atomic mass is 79.9. The lowest BCUT2D eigenvalue weighted by Crippen LogP contribution is -3.00. The highest BCUT2D eigenvalue weighted by Gasteiger charge is 2.47. The molecule has 14 heavy (non-hydrogen) atoms. The highest BCUT2D eigenvalue weighted by Crippen LogP contribution is 2.40. The van der Waals surface area contributed by atoms with Gasteiger partial charge in [0.2, 0.25) is 0 Å². The molecule has 2 heterocycles. The van der Waals surface area contributed by atoms with Gasteiger partial charge in [0, 0.05) is 20.0 Å². The van der Waals surface area contributed by atoms with Crippen LogP contribution in [-0.2, 0) is 4.74 Å². The zero-order valence-electron chi connectivity index (χ0n) is 9.34. The fourth-order valence-corrected chi connectivity index (χ4v) is 3.39. The molecule has 0 radical (unpaired) electrons. The van der Waals surface area contributed by atoms with Crippen LogP contribution >= 0.6 is 0 Å². The van der Waals surface area contributed by atoms with E-state index >= 15 is 0 Å². The van der Waals surface area contributed by atoms with Gasteiger partial charge in [-0.05, 0) is 19.3 Å². The summed E-state index contributed by atoms with van der Waals surface area (Å²) in [6.07, 6.45) is 7.30. The van der Waals surface area contributed by atoms with Gasteiger partial charge in [-0.1, -0.05) is 0 Å². The first kappa shape index (κ1) is 12.5. The van der Waals surface area contributed by atoms with Crippen LogP contribution in [0.25, 0.3) is 0 Å². The predicted octanol–water partition coefficient (Wildman–Crippen LogP) is -1.20. The third-order valence-corrected chi connectivity index (χ3v) is 4.35. The predicted molar refractivity (Wildman–Crippen MR) is 53.6 cm³/mol. The second-order valence-corrected chi connectivity index (χ2v) is 4.88. The van der Waals surface area contributed by atoms with Gasteiger partial charge in [0.25, 0.3) is 0 Å². The molecule has 2 aliphatic heterocycles.